The fraction of sp³-hybridized carbons (Fsp3) is 0.0714. The number of hydrogen-bond acceptors (Lipinski definition) is 2. The van der Waals surface area contributed by atoms with E-state index in [1.165, 1.54) is 0 Å². The molecule has 3 heteroatoms. The average Bonchev–Trinajstić information content (AvgIpc) is 2.33. The Morgan fingerprint density at radius 1 is 1.12 bits per heavy atom. The zero-order valence-electron chi connectivity index (χ0n) is 9.39. The molecule has 0 bridgehead atoms. The summed E-state index contributed by atoms with van der Waals surface area (Å²) < 4.78 is 0. The minimum atomic E-state index is 0.650. The van der Waals surface area contributed by atoms with Crippen molar-refractivity contribution in [2.75, 3.05) is 0 Å². The first kappa shape index (κ1) is 12.2. The molecule has 0 fully saturated rings. The van der Waals surface area contributed by atoms with Crippen LogP contribution in [0.25, 0.3) is 0 Å². The molecule has 0 aliphatic carbocycles. The molecular formula is C14H12ClNS. The van der Waals surface area contributed by atoms with Crippen LogP contribution in [0.4, 0.5) is 5.69 Å². The molecule has 0 heterocycles. The fourth-order valence-corrected chi connectivity index (χ4v) is 1.87. The van der Waals surface area contributed by atoms with Crippen LogP contribution in [0.15, 0.2) is 52.4 Å². The summed E-state index contributed by atoms with van der Waals surface area (Å²) in [5, 5.41) is 0.650. The maximum absolute atomic E-state index is 6.03. The van der Waals surface area contributed by atoms with Crippen molar-refractivity contribution in [3.63, 3.8) is 0 Å². The zero-order chi connectivity index (χ0) is 12.3. The van der Waals surface area contributed by atoms with E-state index in [9.17, 15) is 0 Å². The Bertz CT molecular complexity index is 564. The van der Waals surface area contributed by atoms with Gasteiger partial charge in [-0.1, -0.05) is 41.9 Å². The third-order valence-corrected chi connectivity index (χ3v) is 3.39. The Morgan fingerprint density at radius 2 is 1.88 bits per heavy atom. The van der Waals surface area contributed by atoms with E-state index in [4.69, 9.17) is 11.6 Å². The van der Waals surface area contributed by atoms with E-state index in [0.717, 1.165) is 21.7 Å². The summed E-state index contributed by atoms with van der Waals surface area (Å²) >= 11 is 10.5. The lowest BCUT2D eigenvalue weighted by Crippen LogP contribution is -1.86. The molecule has 0 radical (unpaired) electrons. The van der Waals surface area contributed by atoms with Crippen LogP contribution in [0.5, 0.6) is 0 Å². The topological polar surface area (TPSA) is 12.4 Å². The van der Waals surface area contributed by atoms with Gasteiger partial charge in [0.15, 0.2) is 0 Å². The summed E-state index contributed by atoms with van der Waals surface area (Å²) in [7, 11) is 0. The van der Waals surface area contributed by atoms with Crippen molar-refractivity contribution in [3.8, 4) is 0 Å². The Morgan fingerprint density at radius 3 is 2.65 bits per heavy atom. The first-order valence-electron chi connectivity index (χ1n) is 5.25. The Hall–Kier alpha value is -1.25. The Labute approximate surface area is 112 Å². The lowest BCUT2D eigenvalue weighted by atomic mass is 10.1. The summed E-state index contributed by atoms with van der Waals surface area (Å²) in [5.74, 6) is 0. The molecule has 0 atom stereocenters. The van der Waals surface area contributed by atoms with Crippen molar-refractivity contribution in [2.45, 2.75) is 11.8 Å². The highest BCUT2D eigenvalue weighted by molar-refractivity contribution is 7.80. The van der Waals surface area contributed by atoms with Crippen LogP contribution in [0.1, 0.15) is 11.1 Å². The highest BCUT2D eigenvalue weighted by Crippen LogP contribution is 2.24. The van der Waals surface area contributed by atoms with E-state index in [2.05, 4.69) is 17.6 Å². The van der Waals surface area contributed by atoms with Crippen molar-refractivity contribution in [1.29, 1.82) is 0 Å². The van der Waals surface area contributed by atoms with Gasteiger partial charge in [0, 0.05) is 16.7 Å². The summed E-state index contributed by atoms with van der Waals surface area (Å²) in [5.41, 5.74) is 2.90. The van der Waals surface area contributed by atoms with E-state index in [1.807, 2.05) is 49.4 Å². The van der Waals surface area contributed by atoms with Crippen molar-refractivity contribution < 1.29 is 0 Å². The maximum Gasteiger partial charge on any atom is 0.0816 e. The number of aryl methyl sites for hydroxylation is 1. The second-order valence-corrected chi connectivity index (χ2v) is 4.58. The minimum Gasteiger partial charge on any atom is -0.255 e. The summed E-state index contributed by atoms with van der Waals surface area (Å²) in [6, 6.07) is 13.5. The van der Waals surface area contributed by atoms with Gasteiger partial charge in [0.2, 0.25) is 0 Å². The molecule has 0 aromatic heterocycles. The van der Waals surface area contributed by atoms with Crippen LogP contribution < -0.4 is 0 Å². The first-order valence-corrected chi connectivity index (χ1v) is 6.08. The highest BCUT2D eigenvalue weighted by atomic mass is 35.5. The molecule has 0 unspecified atom stereocenters. The molecule has 2 aromatic rings. The molecule has 0 N–H and O–H groups in total. The maximum atomic E-state index is 6.03. The quantitative estimate of drug-likeness (QED) is 0.595. The zero-order valence-corrected chi connectivity index (χ0v) is 11.0. The lowest BCUT2D eigenvalue weighted by molar-refractivity contribution is 1.29. The number of benzene rings is 2. The molecule has 0 aliphatic heterocycles. The number of hydrogen-bond donors (Lipinski definition) is 1. The molecular weight excluding hydrogens is 250 g/mol. The van der Waals surface area contributed by atoms with E-state index in [1.54, 1.807) is 6.21 Å². The molecule has 0 amide bonds. The fourth-order valence-electron chi connectivity index (χ4n) is 1.48. The number of nitrogens with zero attached hydrogens (tertiary/aromatic N) is 1. The van der Waals surface area contributed by atoms with Crippen LogP contribution in [-0.2, 0) is 0 Å². The third-order valence-electron chi connectivity index (χ3n) is 2.46. The monoisotopic (exact) mass is 261 g/mol. The van der Waals surface area contributed by atoms with Gasteiger partial charge in [-0.05, 0) is 24.6 Å². The van der Waals surface area contributed by atoms with Crippen LogP contribution in [-0.4, -0.2) is 6.21 Å². The normalized spacial score (nSPS) is 11.0. The number of aliphatic imine (C=N–C) groups is 1. The average molecular weight is 262 g/mol. The molecule has 0 spiro atoms. The largest absolute Gasteiger partial charge is 0.255 e. The van der Waals surface area contributed by atoms with Crippen molar-refractivity contribution >= 4 is 36.1 Å². The second-order valence-electron chi connectivity index (χ2n) is 3.72. The van der Waals surface area contributed by atoms with Gasteiger partial charge in [-0.2, -0.15) is 0 Å². The molecule has 0 aliphatic rings. The molecule has 86 valence electrons. The molecule has 2 aromatic carbocycles. The van der Waals surface area contributed by atoms with Gasteiger partial charge < -0.3 is 0 Å². The molecule has 0 saturated heterocycles. The lowest BCUT2D eigenvalue weighted by Gasteiger charge is -2.02. The van der Waals surface area contributed by atoms with Gasteiger partial charge in [0.1, 0.15) is 0 Å². The summed E-state index contributed by atoms with van der Waals surface area (Å²) in [4.78, 5) is 5.32. The van der Waals surface area contributed by atoms with E-state index in [0.29, 0.717) is 5.02 Å². The predicted octanol–water partition coefficient (Wildman–Crippen LogP) is 4.69. The van der Waals surface area contributed by atoms with Crippen molar-refractivity contribution in [3.05, 3.63) is 58.6 Å². The standard InChI is InChI=1S/C14H12ClNS/c1-10-5-4-6-11(14(10)17)9-16-13-8-3-2-7-12(13)15/h2-9,17H,1H3. The predicted molar refractivity (Wildman–Crippen MR) is 77.1 cm³/mol. The van der Waals surface area contributed by atoms with Crippen LogP contribution in [0, 0.1) is 6.92 Å². The SMILES string of the molecule is Cc1cccc(C=Nc2ccccc2Cl)c1S. The number of para-hydroxylation sites is 1. The van der Waals surface area contributed by atoms with Gasteiger partial charge in [0.25, 0.3) is 0 Å². The van der Waals surface area contributed by atoms with Crippen LogP contribution in [0.3, 0.4) is 0 Å². The van der Waals surface area contributed by atoms with E-state index in [-0.39, 0.29) is 0 Å². The molecule has 0 saturated carbocycles. The van der Waals surface area contributed by atoms with Crippen molar-refractivity contribution in [2.24, 2.45) is 4.99 Å². The van der Waals surface area contributed by atoms with Gasteiger partial charge in [-0.25, -0.2) is 0 Å². The summed E-state index contributed by atoms with van der Waals surface area (Å²) in [6.07, 6.45) is 1.79. The van der Waals surface area contributed by atoms with Gasteiger partial charge in [-0.3, -0.25) is 4.99 Å². The molecule has 1 nitrogen and oxygen atoms in total. The molecule has 2 rings (SSSR count). The summed E-state index contributed by atoms with van der Waals surface area (Å²) in [6.45, 7) is 2.02. The number of thiol groups is 1. The minimum absolute atomic E-state index is 0.650. The van der Waals surface area contributed by atoms with Crippen LogP contribution in [0.2, 0.25) is 5.02 Å². The highest BCUT2D eigenvalue weighted by Gasteiger charge is 1.99. The van der Waals surface area contributed by atoms with Gasteiger partial charge in [0.05, 0.1) is 10.7 Å². The number of halogens is 1. The molecule has 17 heavy (non-hydrogen) atoms. The smallest absolute Gasteiger partial charge is 0.0816 e. The van der Waals surface area contributed by atoms with E-state index >= 15 is 0 Å². The van der Waals surface area contributed by atoms with Crippen molar-refractivity contribution in [1.82, 2.24) is 0 Å². The van der Waals surface area contributed by atoms with Gasteiger partial charge >= 0.3 is 0 Å². The van der Waals surface area contributed by atoms with E-state index < -0.39 is 0 Å². The first-order chi connectivity index (χ1) is 8.18. The number of rotatable bonds is 2. The Kier molecular flexibility index (Phi) is 3.87. The Balaban J connectivity index is 2.33. The van der Waals surface area contributed by atoms with Crippen LogP contribution >= 0.6 is 24.2 Å². The third kappa shape index (κ3) is 2.90. The second kappa shape index (κ2) is 5.39. The van der Waals surface area contributed by atoms with Gasteiger partial charge in [-0.15, -0.1) is 12.6 Å².